The van der Waals surface area contributed by atoms with Crippen LogP contribution in [-0.2, 0) is 0 Å². The third-order valence-corrected chi connectivity index (χ3v) is 1.25. The van der Waals surface area contributed by atoms with Crippen molar-refractivity contribution < 1.29 is 4.74 Å². The van der Waals surface area contributed by atoms with Gasteiger partial charge in [-0.1, -0.05) is 13.8 Å². The van der Waals surface area contributed by atoms with Crippen LogP contribution >= 0.6 is 0 Å². The Morgan fingerprint density at radius 3 is 2.50 bits per heavy atom. The Kier molecular flexibility index (Phi) is 6.45. The lowest BCUT2D eigenvalue weighted by Crippen LogP contribution is -2.11. The van der Waals surface area contributed by atoms with Crippen molar-refractivity contribution in [3.8, 4) is 6.01 Å². The Balaban J connectivity index is 0.000000791. The molecule has 14 heavy (non-hydrogen) atoms. The fraction of sp³-hybridized carbons (Fsp3) is 0.600. The molecule has 0 unspecified atom stereocenters. The molecule has 0 saturated carbocycles. The van der Waals surface area contributed by atoms with Crippen molar-refractivity contribution >= 4 is 5.82 Å². The van der Waals surface area contributed by atoms with Gasteiger partial charge in [-0.2, -0.15) is 4.98 Å². The summed E-state index contributed by atoms with van der Waals surface area (Å²) in [4.78, 5) is 7.98. The first-order valence-electron chi connectivity index (χ1n) is 4.86. The number of hydrogen-bond acceptors (Lipinski definition) is 4. The van der Waals surface area contributed by atoms with Crippen molar-refractivity contribution in [3.05, 3.63) is 12.3 Å². The van der Waals surface area contributed by atoms with Crippen LogP contribution in [0.4, 0.5) is 5.82 Å². The molecule has 0 aliphatic carbocycles. The first-order chi connectivity index (χ1) is 6.72. The zero-order valence-electron chi connectivity index (χ0n) is 9.53. The van der Waals surface area contributed by atoms with E-state index in [9.17, 15) is 0 Å². The highest BCUT2D eigenvalue weighted by molar-refractivity contribution is 5.34. The molecule has 0 aliphatic rings. The third kappa shape index (κ3) is 4.64. The van der Waals surface area contributed by atoms with Crippen LogP contribution in [0.1, 0.15) is 27.7 Å². The molecule has 0 bridgehead atoms. The highest BCUT2D eigenvalue weighted by Crippen LogP contribution is 2.07. The number of aromatic nitrogens is 2. The van der Waals surface area contributed by atoms with Crippen molar-refractivity contribution in [3.63, 3.8) is 0 Å². The van der Waals surface area contributed by atoms with E-state index in [1.165, 1.54) is 0 Å². The fourth-order valence-corrected chi connectivity index (χ4v) is 0.815. The quantitative estimate of drug-likeness (QED) is 0.807. The van der Waals surface area contributed by atoms with E-state index in [0.717, 1.165) is 5.82 Å². The van der Waals surface area contributed by atoms with E-state index in [1.807, 2.05) is 19.9 Å². The van der Waals surface area contributed by atoms with Gasteiger partial charge in [0.05, 0.1) is 7.11 Å². The molecule has 0 fully saturated rings. The average molecular weight is 197 g/mol. The monoisotopic (exact) mass is 197 g/mol. The summed E-state index contributed by atoms with van der Waals surface area (Å²) in [6.07, 6.45) is 1.66. The maximum atomic E-state index is 4.87. The van der Waals surface area contributed by atoms with Gasteiger partial charge in [0.15, 0.2) is 0 Å². The van der Waals surface area contributed by atoms with Crippen molar-refractivity contribution in [2.75, 3.05) is 12.4 Å². The zero-order chi connectivity index (χ0) is 11.0. The normalized spacial score (nSPS) is 9.00. The van der Waals surface area contributed by atoms with E-state index < -0.39 is 0 Å². The highest BCUT2D eigenvalue weighted by atomic mass is 16.5. The van der Waals surface area contributed by atoms with Crippen LogP contribution in [0.2, 0.25) is 0 Å². The van der Waals surface area contributed by atoms with Crippen molar-refractivity contribution in [1.82, 2.24) is 9.97 Å². The molecule has 0 radical (unpaired) electrons. The van der Waals surface area contributed by atoms with Crippen molar-refractivity contribution in [2.45, 2.75) is 33.7 Å². The second-order valence-corrected chi connectivity index (χ2v) is 2.73. The van der Waals surface area contributed by atoms with E-state index in [2.05, 4.69) is 29.1 Å². The number of nitrogens with one attached hydrogen (secondary N) is 1. The Labute approximate surface area is 85.7 Å². The molecule has 4 heteroatoms. The second kappa shape index (κ2) is 7.12. The minimum absolute atomic E-state index is 0.365. The Morgan fingerprint density at radius 2 is 2.00 bits per heavy atom. The van der Waals surface area contributed by atoms with Crippen LogP contribution in [0, 0.1) is 0 Å². The maximum absolute atomic E-state index is 4.87. The molecule has 0 aromatic carbocycles. The van der Waals surface area contributed by atoms with E-state index in [-0.39, 0.29) is 0 Å². The number of ether oxygens (including phenoxy) is 1. The molecule has 1 aromatic heterocycles. The predicted octanol–water partition coefficient (Wildman–Crippen LogP) is 2.33. The summed E-state index contributed by atoms with van der Waals surface area (Å²) in [5.41, 5.74) is 0. The highest BCUT2D eigenvalue weighted by Gasteiger charge is 1.98. The summed E-state index contributed by atoms with van der Waals surface area (Å²) >= 11 is 0. The van der Waals surface area contributed by atoms with E-state index in [0.29, 0.717) is 12.1 Å². The van der Waals surface area contributed by atoms with Crippen LogP contribution in [0.3, 0.4) is 0 Å². The van der Waals surface area contributed by atoms with Crippen LogP contribution in [-0.4, -0.2) is 23.1 Å². The lowest BCUT2D eigenvalue weighted by atomic mass is 10.4. The summed E-state index contributed by atoms with van der Waals surface area (Å²) in [6, 6.07) is 2.56. The summed E-state index contributed by atoms with van der Waals surface area (Å²) in [6.45, 7) is 8.10. The van der Waals surface area contributed by atoms with Crippen LogP contribution < -0.4 is 10.1 Å². The minimum Gasteiger partial charge on any atom is -0.467 e. The number of anilines is 1. The van der Waals surface area contributed by atoms with E-state index in [4.69, 9.17) is 4.74 Å². The summed E-state index contributed by atoms with van der Waals surface area (Å²) in [5, 5.41) is 3.15. The maximum Gasteiger partial charge on any atom is 0.318 e. The van der Waals surface area contributed by atoms with Gasteiger partial charge in [0.25, 0.3) is 0 Å². The topological polar surface area (TPSA) is 47.0 Å². The van der Waals surface area contributed by atoms with Crippen molar-refractivity contribution in [2.24, 2.45) is 0 Å². The molecule has 0 aliphatic heterocycles. The third-order valence-electron chi connectivity index (χ3n) is 1.25. The van der Waals surface area contributed by atoms with Crippen LogP contribution in [0.25, 0.3) is 0 Å². The Hall–Kier alpha value is -1.32. The summed E-state index contributed by atoms with van der Waals surface area (Å²) in [5.74, 6) is 0.789. The van der Waals surface area contributed by atoms with Gasteiger partial charge in [-0.3, -0.25) is 0 Å². The largest absolute Gasteiger partial charge is 0.467 e. The molecule has 1 heterocycles. The molecule has 1 aromatic rings. The fourth-order valence-electron chi connectivity index (χ4n) is 0.815. The number of rotatable bonds is 3. The molecule has 80 valence electrons. The average Bonchev–Trinajstić information content (AvgIpc) is 2.20. The standard InChI is InChI=1S/C8H13N3O.C2H6/c1-6(2)10-7-4-5-9-8(11-7)12-3;1-2/h4-6H,1-3H3,(H,9,10,11);1-2H3. The lowest BCUT2D eigenvalue weighted by molar-refractivity contribution is 0.380. The van der Waals surface area contributed by atoms with Gasteiger partial charge in [0, 0.05) is 12.2 Å². The Bertz CT molecular complexity index is 251. The SMILES string of the molecule is CC.COc1nccc(NC(C)C)n1. The molecule has 0 saturated heterocycles. The molecular weight excluding hydrogens is 178 g/mol. The zero-order valence-corrected chi connectivity index (χ0v) is 9.53. The van der Waals surface area contributed by atoms with Gasteiger partial charge < -0.3 is 10.1 Å². The molecule has 0 atom stereocenters. The van der Waals surface area contributed by atoms with Gasteiger partial charge >= 0.3 is 6.01 Å². The molecule has 1 rings (SSSR count). The number of methoxy groups -OCH3 is 1. The van der Waals surface area contributed by atoms with Crippen molar-refractivity contribution in [1.29, 1.82) is 0 Å². The van der Waals surface area contributed by atoms with E-state index in [1.54, 1.807) is 13.3 Å². The number of nitrogens with zero attached hydrogens (tertiary/aromatic N) is 2. The molecule has 0 spiro atoms. The smallest absolute Gasteiger partial charge is 0.318 e. The summed E-state index contributed by atoms with van der Waals surface area (Å²) in [7, 11) is 1.55. The number of hydrogen-bond donors (Lipinski definition) is 1. The van der Waals surface area contributed by atoms with Gasteiger partial charge in [0.2, 0.25) is 0 Å². The lowest BCUT2D eigenvalue weighted by Gasteiger charge is -2.08. The minimum atomic E-state index is 0.365. The van der Waals surface area contributed by atoms with E-state index >= 15 is 0 Å². The van der Waals surface area contributed by atoms with Crippen LogP contribution in [0.5, 0.6) is 6.01 Å². The first kappa shape index (κ1) is 12.7. The summed E-state index contributed by atoms with van der Waals surface area (Å²) < 4.78 is 4.87. The molecule has 0 amide bonds. The van der Waals surface area contributed by atoms with Gasteiger partial charge in [0.1, 0.15) is 5.82 Å². The molecule has 1 N–H and O–H groups in total. The van der Waals surface area contributed by atoms with Gasteiger partial charge in [-0.05, 0) is 19.9 Å². The van der Waals surface area contributed by atoms with Gasteiger partial charge in [-0.25, -0.2) is 4.98 Å². The van der Waals surface area contributed by atoms with Crippen LogP contribution in [0.15, 0.2) is 12.3 Å². The molecule has 4 nitrogen and oxygen atoms in total. The predicted molar refractivity (Wildman–Crippen MR) is 58.7 cm³/mol. The van der Waals surface area contributed by atoms with Gasteiger partial charge in [-0.15, -0.1) is 0 Å². The first-order valence-corrected chi connectivity index (χ1v) is 4.86. The second-order valence-electron chi connectivity index (χ2n) is 2.73. The molecular formula is C10H19N3O. The Morgan fingerprint density at radius 1 is 1.36 bits per heavy atom.